The summed E-state index contributed by atoms with van der Waals surface area (Å²) in [6.45, 7) is 3.35. The van der Waals surface area contributed by atoms with Crippen LogP contribution in [0.3, 0.4) is 0 Å². The van der Waals surface area contributed by atoms with Crippen molar-refractivity contribution in [2.45, 2.75) is 18.9 Å². The Kier molecular flexibility index (Phi) is 2.74. The Balaban J connectivity index is 1.83. The van der Waals surface area contributed by atoms with Crippen LogP contribution in [0.25, 0.3) is 0 Å². The van der Waals surface area contributed by atoms with E-state index in [1.54, 1.807) is 6.07 Å². The van der Waals surface area contributed by atoms with Gasteiger partial charge in [0.05, 0.1) is 6.67 Å². The second-order valence-electron chi connectivity index (χ2n) is 4.60. The molecule has 2 aliphatic heterocycles. The zero-order chi connectivity index (χ0) is 11.1. The van der Waals surface area contributed by atoms with Gasteiger partial charge in [0.25, 0.3) is 0 Å². The number of benzene rings is 1. The molecule has 2 fully saturated rings. The maximum atomic E-state index is 6.02. The molecule has 1 aromatic carbocycles. The molecule has 2 saturated heterocycles. The van der Waals surface area contributed by atoms with Gasteiger partial charge in [0.1, 0.15) is 0 Å². The quantitative estimate of drug-likeness (QED) is 0.762. The van der Waals surface area contributed by atoms with Crippen LogP contribution in [-0.2, 0) is 0 Å². The Labute approximate surface area is 106 Å². The number of hydrogen-bond acceptors (Lipinski definition) is 2. The van der Waals surface area contributed by atoms with Gasteiger partial charge in [0.2, 0.25) is 0 Å². The maximum Gasteiger partial charge on any atom is 0.0710 e. The molecule has 0 aliphatic carbocycles. The number of fused-ring (bicyclic) bond motifs is 1. The molecule has 0 aromatic heterocycles. The van der Waals surface area contributed by atoms with Crippen molar-refractivity contribution in [1.82, 2.24) is 4.90 Å². The van der Waals surface area contributed by atoms with Crippen LogP contribution in [-0.4, -0.2) is 30.7 Å². The van der Waals surface area contributed by atoms with Crippen molar-refractivity contribution < 1.29 is 0 Å². The summed E-state index contributed by atoms with van der Waals surface area (Å²) < 4.78 is 0. The molecule has 0 radical (unpaired) electrons. The first-order valence-electron chi connectivity index (χ1n) is 5.67. The van der Waals surface area contributed by atoms with Crippen LogP contribution < -0.4 is 4.90 Å². The standard InChI is InChI=1S/C12H14Cl2N2/c13-9-4-10(14)6-12(5-9)16-7-11-2-1-3-15(11)8-16/h4-6,11H,1-3,7-8H2. The minimum Gasteiger partial charge on any atom is -0.357 e. The highest BCUT2D eigenvalue weighted by molar-refractivity contribution is 6.35. The lowest BCUT2D eigenvalue weighted by molar-refractivity contribution is 0.330. The molecule has 2 aliphatic rings. The number of rotatable bonds is 1. The first kappa shape index (κ1) is 10.7. The van der Waals surface area contributed by atoms with Crippen molar-refractivity contribution in [3.63, 3.8) is 0 Å². The number of anilines is 1. The van der Waals surface area contributed by atoms with E-state index in [1.807, 2.05) is 12.1 Å². The van der Waals surface area contributed by atoms with Crippen LogP contribution >= 0.6 is 23.2 Å². The van der Waals surface area contributed by atoms with Crippen LogP contribution in [0, 0.1) is 0 Å². The highest BCUT2D eigenvalue weighted by Gasteiger charge is 2.33. The number of halogens is 2. The monoisotopic (exact) mass is 256 g/mol. The lowest BCUT2D eigenvalue weighted by Crippen LogP contribution is -2.25. The van der Waals surface area contributed by atoms with Crippen molar-refractivity contribution in [2.75, 3.05) is 24.7 Å². The molecule has 0 N–H and O–H groups in total. The topological polar surface area (TPSA) is 6.48 Å². The van der Waals surface area contributed by atoms with E-state index < -0.39 is 0 Å². The van der Waals surface area contributed by atoms with E-state index in [2.05, 4.69) is 9.80 Å². The SMILES string of the molecule is Clc1cc(Cl)cc(N2CC3CCCN3C2)c1. The van der Waals surface area contributed by atoms with E-state index in [1.165, 1.54) is 19.4 Å². The van der Waals surface area contributed by atoms with E-state index in [0.29, 0.717) is 0 Å². The fraction of sp³-hybridized carbons (Fsp3) is 0.500. The maximum absolute atomic E-state index is 6.02. The molecule has 3 rings (SSSR count). The fourth-order valence-electron chi connectivity index (χ4n) is 2.73. The van der Waals surface area contributed by atoms with Crippen molar-refractivity contribution >= 4 is 28.9 Å². The Morgan fingerprint density at radius 3 is 2.56 bits per heavy atom. The van der Waals surface area contributed by atoms with Gasteiger partial charge in [-0.25, -0.2) is 0 Å². The van der Waals surface area contributed by atoms with Gasteiger partial charge in [-0.1, -0.05) is 23.2 Å². The molecular formula is C12H14Cl2N2. The second-order valence-corrected chi connectivity index (χ2v) is 5.47. The van der Waals surface area contributed by atoms with Crippen molar-refractivity contribution in [3.8, 4) is 0 Å². The van der Waals surface area contributed by atoms with Crippen LogP contribution in [0.1, 0.15) is 12.8 Å². The summed E-state index contributed by atoms with van der Waals surface area (Å²) in [6.07, 6.45) is 2.67. The van der Waals surface area contributed by atoms with Crippen molar-refractivity contribution in [3.05, 3.63) is 28.2 Å². The number of nitrogens with zero attached hydrogens (tertiary/aromatic N) is 2. The zero-order valence-electron chi connectivity index (χ0n) is 9.00. The summed E-state index contributed by atoms with van der Waals surface area (Å²) in [6, 6.07) is 6.51. The van der Waals surface area contributed by atoms with Gasteiger partial charge in [-0.3, -0.25) is 4.90 Å². The highest BCUT2D eigenvalue weighted by atomic mass is 35.5. The smallest absolute Gasteiger partial charge is 0.0710 e. The predicted molar refractivity (Wildman–Crippen MR) is 68.4 cm³/mol. The van der Waals surface area contributed by atoms with Gasteiger partial charge in [0.15, 0.2) is 0 Å². The van der Waals surface area contributed by atoms with Gasteiger partial charge >= 0.3 is 0 Å². The van der Waals surface area contributed by atoms with E-state index in [4.69, 9.17) is 23.2 Å². The summed E-state index contributed by atoms with van der Waals surface area (Å²) in [4.78, 5) is 4.90. The summed E-state index contributed by atoms with van der Waals surface area (Å²) in [5.41, 5.74) is 1.15. The largest absolute Gasteiger partial charge is 0.357 e. The van der Waals surface area contributed by atoms with E-state index in [-0.39, 0.29) is 0 Å². The molecule has 2 heterocycles. The van der Waals surface area contributed by atoms with E-state index in [9.17, 15) is 0 Å². The van der Waals surface area contributed by atoms with Crippen LogP contribution in [0.4, 0.5) is 5.69 Å². The van der Waals surface area contributed by atoms with E-state index >= 15 is 0 Å². The Morgan fingerprint density at radius 1 is 1.12 bits per heavy atom. The molecule has 0 saturated carbocycles. The lowest BCUT2D eigenvalue weighted by atomic mass is 10.2. The molecule has 1 atom stereocenters. The van der Waals surface area contributed by atoms with Gasteiger partial charge in [0, 0.05) is 34.9 Å². The molecule has 0 amide bonds. The first-order valence-corrected chi connectivity index (χ1v) is 6.43. The summed E-state index contributed by atoms with van der Waals surface area (Å²) >= 11 is 12.0. The van der Waals surface area contributed by atoms with Crippen LogP contribution in [0.15, 0.2) is 18.2 Å². The molecule has 86 valence electrons. The van der Waals surface area contributed by atoms with E-state index in [0.717, 1.165) is 35.0 Å². The van der Waals surface area contributed by atoms with Gasteiger partial charge < -0.3 is 4.90 Å². The minimum absolute atomic E-state index is 0.717. The summed E-state index contributed by atoms with van der Waals surface area (Å²) in [7, 11) is 0. The summed E-state index contributed by atoms with van der Waals surface area (Å²) in [5.74, 6) is 0. The molecule has 1 unspecified atom stereocenters. The second kappa shape index (κ2) is 4.10. The number of hydrogen-bond donors (Lipinski definition) is 0. The van der Waals surface area contributed by atoms with Gasteiger partial charge in [-0.2, -0.15) is 0 Å². The lowest BCUT2D eigenvalue weighted by Gasteiger charge is -2.19. The minimum atomic E-state index is 0.717. The van der Waals surface area contributed by atoms with Crippen molar-refractivity contribution in [2.24, 2.45) is 0 Å². The summed E-state index contributed by atoms with van der Waals surface area (Å²) in [5, 5.41) is 1.43. The third kappa shape index (κ3) is 1.90. The molecular weight excluding hydrogens is 243 g/mol. The molecule has 4 heteroatoms. The van der Waals surface area contributed by atoms with Crippen LogP contribution in [0.5, 0.6) is 0 Å². The highest BCUT2D eigenvalue weighted by Crippen LogP contribution is 2.31. The molecule has 0 spiro atoms. The molecule has 2 nitrogen and oxygen atoms in total. The zero-order valence-corrected chi connectivity index (χ0v) is 10.5. The van der Waals surface area contributed by atoms with Crippen LogP contribution in [0.2, 0.25) is 10.0 Å². The normalized spacial score (nSPS) is 25.1. The Bertz CT molecular complexity index is 376. The fourth-order valence-corrected chi connectivity index (χ4v) is 3.24. The average Bonchev–Trinajstić information content (AvgIpc) is 2.74. The molecule has 1 aromatic rings. The average molecular weight is 257 g/mol. The van der Waals surface area contributed by atoms with Gasteiger partial charge in [-0.05, 0) is 31.0 Å². The Hall–Kier alpha value is -0.440. The Morgan fingerprint density at radius 2 is 1.88 bits per heavy atom. The van der Waals surface area contributed by atoms with Gasteiger partial charge in [-0.15, -0.1) is 0 Å². The van der Waals surface area contributed by atoms with Crippen molar-refractivity contribution in [1.29, 1.82) is 0 Å². The molecule has 16 heavy (non-hydrogen) atoms. The third-order valence-electron chi connectivity index (χ3n) is 3.50. The molecule has 0 bridgehead atoms. The third-order valence-corrected chi connectivity index (χ3v) is 3.93. The first-order chi connectivity index (χ1) is 7.72. The predicted octanol–water partition coefficient (Wildman–Crippen LogP) is 3.24.